The number of likely N-dealkylation sites (tertiary alicyclic amines) is 1. The maximum absolute atomic E-state index is 11.2. The van der Waals surface area contributed by atoms with Crippen LogP contribution in [0.25, 0.3) is 11.3 Å². The van der Waals surface area contributed by atoms with E-state index in [1.54, 1.807) is 13.2 Å². The van der Waals surface area contributed by atoms with E-state index < -0.39 is 5.97 Å². The molecule has 1 N–H and O–H groups in total. The normalized spacial score (nSPS) is 16.1. The summed E-state index contributed by atoms with van der Waals surface area (Å²) >= 11 is 0. The Morgan fingerprint density at radius 2 is 1.83 bits per heavy atom. The Morgan fingerprint density at radius 3 is 2.42 bits per heavy atom. The van der Waals surface area contributed by atoms with Crippen molar-refractivity contribution >= 4 is 5.97 Å². The molecule has 0 spiro atoms. The molecule has 0 bridgehead atoms. The molecule has 0 aliphatic carbocycles. The number of carboxylic acid groups (broad SMARTS) is 1. The van der Waals surface area contributed by atoms with Crippen molar-refractivity contribution in [3.8, 4) is 17.0 Å². The molecule has 2 heterocycles. The molecule has 5 nitrogen and oxygen atoms in total. The number of aromatic nitrogens is 1. The zero-order chi connectivity index (χ0) is 17.1. The summed E-state index contributed by atoms with van der Waals surface area (Å²) in [5, 5.41) is 9.15. The van der Waals surface area contributed by atoms with Gasteiger partial charge in [-0.3, -0.25) is 4.90 Å². The second kappa shape index (κ2) is 7.01. The molecule has 1 atom stereocenters. The summed E-state index contributed by atoms with van der Waals surface area (Å²) in [7, 11) is 1.56. The average Bonchev–Trinajstić information content (AvgIpc) is 3.15. The van der Waals surface area contributed by atoms with Gasteiger partial charge in [0.05, 0.1) is 7.11 Å². The Hall–Kier alpha value is -2.40. The summed E-state index contributed by atoms with van der Waals surface area (Å²) in [4.78, 5) is 17.9. The Balaban J connectivity index is 1.90. The maximum atomic E-state index is 11.2. The second-order valence-corrected chi connectivity index (χ2v) is 6.09. The van der Waals surface area contributed by atoms with Crippen molar-refractivity contribution in [2.75, 3.05) is 20.2 Å². The van der Waals surface area contributed by atoms with Crippen LogP contribution in [0.1, 0.15) is 41.9 Å². The van der Waals surface area contributed by atoms with Crippen molar-refractivity contribution in [2.24, 2.45) is 0 Å². The van der Waals surface area contributed by atoms with Crippen LogP contribution < -0.4 is 4.74 Å². The molecule has 1 aliphatic rings. The Labute approximate surface area is 141 Å². The highest BCUT2D eigenvalue weighted by Gasteiger charge is 2.19. The van der Waals surface area contributed by atoms with Gasteiger partial charge in [0.1, 0.15) is 17.1 Å². The van der Waals surface area contributed by atoms with Crippen LogP contribution in [0.3, 0.4) is 0 Å². The minimum atomic E-state index is -1.04. The highest BCUT2D eigenvalue weighted by Crippen LogP contribution is 2.31. The zero-order valence-electron chi connectivity index (χ0n) is 14.0. The molecule has 1 fully saturated rings. The predicted octanol–water partition coefficient (Wildman–Crippen LogP) is 3.61. The van der Waals surface area contributed by atoms with Crippen LogP contribution in [0.5, 0.6) is 5.75 Å². The molecule has 24 heavy (non-hydrogen) atoms. The third-order valence-electron chi connectivity index (χ3n) is 4.65. The van der Waals surface area contributed by atoms with Crippen molar-refractivity contribution in [1.29, 1.82) is 0 Å². The molecule has 1 unspecified atom stereocenters. The van der Waals surface area contributed by atoms with Crippen LogP contribution in [-0.4, -0.2) is 41.2 Å². The fourth-order valence-corrected chi connectivity index (χ4v) is 3.20. The van der Waals surface area contributed by atoms with Crippen molar-refractivity contribution in [2.45, 2.75) is 25.8 Å². The molecule has 1 saturated heterocycles. The lowest BCUT2D eigenvalue weighted by Crippen LogP contribution is -2.23. The fourth-order valence-electron chi connectivity index (χ4n) is 3.20. The van der Waals surface area contributed by atoms with Gasteiger partial charge in [0.25, 0.3) is 0 Å². The first kappa shape index (κ1) is 16.5. The monoisotopic (exact) mass is 326 g/mol. The molecular formula is C19H22N2O3. The number of hydrogen-bond acceptors (Lipinski definition) is 4. The van der Waals surface area contributed by atoms with E-state index in [2.05, 4.69) is 28.9 Å². The average molecular weight is 326 g/mol. The standard InChI is InChI=1S/C19H22N2O3/c1-13(21-11-3-4-12-21)14-5-7-15(8-6-14)18-17(24-2)10-9-16(20-18)19(22)23/h5-10,13H,3-4,11-12H2,1-2H3,(H,22,23). The summed E-state index contributed by atoms with van der Waals surface area (Å²) in [5.41, 5.74) is 2.68. The summed E-state index contributed by atoms with van der Waals surface area (Å²) in [5.74, 6) is -0.474. The fraction of sp³-hybridized carbons (Fsp3) is 0.368. The first-order valence-corrected chi connectivity index (χ1v) is 8.23. The maximum Gasteiger partial charge on any atom is 0.354 e. The highest BCUT2D eigenvalue weighted by atomic mass is 16.5. The van der Waals surface area contributed by atoms with Gasteiger partial charge in [0, 0.05) is 11.6 Å². The topological polar surface area (TPSA) is 62.7 Å². The minimum Gasteiger partial charge on any atom is -0.494 e. The third-order valence-corrected chi connectivity index (χ3v) is 4.65. The van der Waals surface area contributed by atoms with Crippen molar-refractivity contribution in [3.63, 3.8) is 0 Å². The number of hydrogen-bond donors (Lipinski definition) is 1. The number of pyridine rings is 1. The van der Waals surface area contributed by atoms with E-state index in [-0.39, 0.29) is 5.69 Å². The molecule has 1 aromatic heterocycles. The van der Waals surface area contributed by atoms with Gasteiger partial charge in [0.2, 0.25) is 0 Å². The van der Waals surface area contributed by atoms with Gasteiger partial charge in [-0.2, -0.15) is 0 Å². The number of aromatic carboxylic acids is 1. The Kier molecular flexibility index (Phi) is 4.81. The van der Waals surface area contributed by atoms with E-state index in [1.165, 1.54) is 24.5 Å². The number of nitrogens with zero attached hydrogens (tertiary/aromatic N) is 2. The van der Waals surface area contributed by atoms with Crippen molar-refractivity contribution in [3.05, 3.63) is 47.7 Å². The van der Waals surface area contributed by atoms with Crippen LogP contribution in [0.15, 0.2) is 36.4 Å². The molecule has 0 saturated carbocycles. The van der Waals surface area contributed by atoms with E-state index in [1.807, 2.05) is 12.1 Å². The number of ether oxygens (including phenoxy) is 1. The van der Waals surface area contributed by atoms with E-state index in [0.717, 1.165) is 18.7 Å². The van der Waals surface area contributed by atoms with E-state index in [0.29, 0.717) is 17.5 Å². The largest absolute Gasteiger partial charge is 0.494 e. The van der Waals surface area contributed by atoms with Crippen LogP contribution in [0.2, 0.25) is 0 Å². The summed E-state index contributed by atoms with van der Waals surface area (Å²) in [6, 6.07) is 11.6. The van der Waals surface area contributed by atoms with E-state index in [4.69, 9.17) is 9.84 Å². The van der Waals surface area contributed by atoms with Crippen molar-refractivity contribution in [1.82, 2.24) is 9.88 Å². The quantitative estimate of drug-likeness (QED) is 0.909. The molecule has 1 aromatic carbocycles. The van der Waals surface area contributed by atoms with Gasteiger partial charge in [-0.1, -0.05) is 24.3 Å². The summed E-state index contributed by atoms with van der Waals surface area (Å²) in [6.45, 7) is 4.53. The number of methoxy groups -OCH3 is 1. The van der Waals surface area contributed by atoms with Gasteiger partial charge in [0.15, 0.2) is 0 Å². The summed E-state index contributed by atoms with van der Waals surface area (Å²) < 4.78 is 5.33. The number of benzene rings is 1. The smallest absolute Gasteiger partial charge is 0.354 e. The summed E-state index contributed by atoms with van der Waals surface area (Å²) in [6.07, 6.45) is 2.54. The van der Waals surface area contributed by atoms with Gasteiger partial charge in [-0.15, -0.1) is 0 Å². The van der Waals surface area contributed by atoms with Gasteiger partial charge >= 0.3 is 5.97 Å². The predicted molar refractivity (Wildman–Crippen MR) is 92.4 cm³/mol. The number of carbonyl (C=O) groups is 1. The van der Waals surface area contributed by atoms with E-state index in [9.17, 15) is 4.79 Å². The number of rotatable bonds is 5. The lowest BCUT2D eigenvalue weighted by molar-refractivity contribution is 0.0690. The SMILES string of the molecule is COc1ccc(C(=O)O)nc1-c1ccc(C(C)N2CCCC2)cc1. The van der Waals surface area contributed by atoms with Gasteiger partial charge in [-0.05, 0) is 50.6 Å². The molecule has 0 radical (unpaired) electrons. The van der Waals surface area contributed by atoms with Crippen LogP contribution in [0, 0.1) is 0 Å². The Bertz CT molecular complexity index is 722. The second-order valence-electron chi connectivity index (χ2n) is 6.09. The molecule has 3 rings (SSSR count). The zero-order valence-corrected chi connectivity index (χ0v) is 14.0. The lowest BCUT2D eigenvalue weighted by atomic mass is 10.0. The van der Waals surface area contributed by atoms with Gasteiger partial charge < -0.3 is 9.84 Å². The molecule has 2 aromatic rings. The molecule has 0 amide bonds. The lowest BCUT2D eigenvalue weighted by Gasteiger charge is -2.24. The van der Waals surface area contributed by atoms with Crippen LogP contribution in [0.4, 0.5) is 0 Å². The highest BCUT2D eigenvalue weighted by molar-refractivity contribution is 5.86. The molecule has 5 heteroatoms. The van der Waals surface area contributed by atoms with Crippen LogP contribution in [-0.2, 0) is 0 Å². The van der Waals surface area contributed by atoms with Crippen LogP contribution >= 0.6 is 0 Å². The Morgan fingerprint density at radius 1 is 1.17 bits per heavy atom. The molecular weight excluding hydrogens is 304 g/mol. The first-order valence-electron chi connectivity index (χ1n) is 8.23. The minimum absolute atomic E-state index is 0.0142. The molecule has 126 valence electrons. The first-order chi connectivity index (χ1) is 11.6. The van der Waals surface area contributed by atoms with E-state index >= 15 is 0 Å². The third kappa shape index (κ3) is 3.26. The van der Waals surface area contributed by atoms with Crippen molar-refractivity contribution < 1.29 is 14.6 Å². The molecule has 1 aliphatic heterocycles. The number of carboxylic acids is 1. The van der Waals surface area contributed by atoms with Gasteiger partial charge in [-0.25, -0.2) is 9.78 Å².